The van der Waals surface area contributed by atoms with Gasteiger partial charge >= 0.3 is 0 Å². The second-order valence-electron chi connectivity index (χ2n) is 6.41. The molecule has 23 heavy (non-hydrogen) atoms. The average molecular weight is 308 g/mol. The van der Waals surface area contributed by atoms with Crippen LogP contribution in [0.4, 0.5) is 0 Å². The summed E-state index contributed by atoms with van der Waals surface area (Å²) in [6.45, 7) is 7.59. The SMILES string of the molecule is CC(=O)CC(CC(=O)c1c(C)cc(C)cc1C)c1ccccc1. The molecule has 2 heteroatoms. The normalized spacial score (nSPS) is 12.0. The van der Waals surface area contributed by atoms with Gasteiger partial charge in [0, 0.05) is 18.4 Å². The molecule has 120 valence electrons. The summed E-state index contributed by atoms with van der Waals surface area (Å²) in [5, 5.41) is 0. The summed E-state index contributed by atoms with van der Waals surface area (Å²) < 4.78 is 0. The van der Waals surface area contributed by atoms with E-state index in [1.807, 2.05) is 63.2 Å². The Hall–Kier alpha value is -2.22. The molecule has 0 aliphatic heterocycles. The van der Waals surface area contributed by atoms with Crippen LogP contribution < -0.4 is 0 Å². The van der Waals surface area contributed by atoms with Crippen molar-refractivity contribution in [2.24, 2.45) is 0 Å². The number of aryl methyl sites for hydroxylation is 3. The van der Waals surface area contributed by atoms with Crippen LogP contribution in [-0.2, 0) is 4.79 Å². The summed E-state index contributed by atoms with van der Waals surface area (Å²) in [6.07, 6.45) is 0.772. The second kappa shape index (κ2) is 7.36. The van der Waals surface area contributed by atoms with Crippen LogP contribution in [-0.4, -0.2) is 11.6 Å². The molecule has 0 aliphatic carbocycles. The minimum Gasteiger partial charge on any atom is -0.300 e. The molecule has 2 aromatic rings. The van der Waals surface area contributed by atoms with Crippen molar-refractivity contribution < 1.29 is 9.59 Å². The van der Waals surface area contributed by atoms with Gasteiger partial charge in [0.25, 0.3) is 0 Å². The number of ketones is 2. The number of hydrogen-bond acceptors (Lipinski definition) is 2. The second-order valence-corrected chi connectivity index (χ2v) is 6.41. The van der Waals surface area contributed by atoms with E-state index >= 15 is 0 Å². The summed E-state index contributed by atoms with van der Waals surface area (Å²) in [7, 11) is 0. The lowest BCUT2D eigenvalue weighted by Gasteiger charge is -2.17. The lowest BCUT2D eigenvalue weighted by atomic mass is 9.85. The lowest BCUT2D eigenvalue weighted by Crippen LogP contribution is -2.13. The van der Waals surface area contributed by atoms with Crippen LogP contribution in [0.3, 0.4) is 0 Å². The van der Waals surface area contributed by atoms with Crippen molar-refractivity contribution in [1.82, 2.24) is 0 Å². The summed E-state index contributed by atoms with van der Waals surface area (Å²) in [4.78, 5) is 24.5. The van der Waals surface area contributed by atoms with E-state index in [-0.39, 0.29) is 17.5 Å². The van der Waals surface area contributed by atoms with E-state index in [9.17, 15) is 9.59 Å². The van der Waals surface area contributed by atoms with Gasteiger partial charge in [0.15, 0.2) is 5.78 Å². The molecular weight excluding hydrogens is 284 g/mol. The molecule has 0 radical (unpaired) electrons. The highest BCUT2D eigenvalue weighted by Crippen LogP contribution is 2.27. The largest absolute Gasteiger partial charge is 0.300 e. The van der Waals surface area contributed by atoms with Crippen LogP contribution >= 0.6 is 0 Å². The number of Topliss-reactive ketones (excluding diaryl/α,β-unsaturated/α-hetero) is 2. The Bertz CT molecular complexity index is 691. The zero-order valence-electron chi connectivity index (χ0n) is 14.3. The van der Waals surface area contributed by atoms with E-state index in [0.717, 1.165) is 22.3 Å². The first-order valence-electron chi connectivity index (χ1n) is 8.04. The van der Waals surface area contributed by atoms with Crippen LogP contribution in [0.15, 0.2) is 42.5 Å². The third-order valence-electron chi connectivity index (χ3n) is 4.19. The van der Waals surface area contributed by atoms with Gasteiger partial charge < -0.3 is 4.79 Å². The van der Waals surface area contributed by atoms with Gasteiger partial charge in [-0.3, -0.25) is 4.79 Å². The van der Waals surface area contributed by atoms with Gasteiger partial charge in [-0.25, -0.2) is 0 Å². The Balaban J connectivity index is 2.30. The zero-order valence-corrected chi connectivity index (χ0v) is 14.3. The van der Waals surface area contributed by atoms with Gasteiger partial charge in [0.05, 0.1) is 0 Å². The average Bonchev–Trinajstić information content (AvgIpc) is 2.46. The Labute approximate surface area is 138 Å². The molecule has 0 aromatic heterocycles. The third kappa shape index (κ3) is 4.38. The molecule has 0 bridgehead atoms. The van der Waals surface area contributed by atoms with Gasteiger partial charge in [0.1, 0.15) is 5.78 Å². The van der Waals surface area contributed by atoms with E-state index in [1.165, 1.54) is 5.56 Å². The first-order valence-corrected chi connectivity index (χ1v) is 8.04. The molecule has 0 aliphatic rings. The fourth-order valence-electron chi connectivity index (χ4n) is 3.33. The first-order chi connectivity index (χ1) is 10.9. The van der Waals surface area contributed by atoms with Crippen LogP contribution in [0.1, 0.15) is 58.3 Å². The molecule has 0 saturated carbocycles. The summed E-state index contributed by atoms with van der Waals surface area (Å²) in [5.74, 6) is 0.181. The molecule has 2 rings (SSSR count). The van der Waals surface area contributed by atoms with E-state index in [1.54, 1.807) is 6.92 Å². The molecule has 2 aromatic carbocycles. The van der Waals surface area contributed by atoms with Crippen molar-refractivity contribution in [2.45, 2.75) is 46.5 Å². The minimum atomic E-state index is -0.0543. The molecule has 2 nitrogen and oxygen atoms in total. The van der Waals surface area contributed by atoms with Crippen molar-refractivity contribution in [1.29, 1.82) is 0 Å². The predicted octanol–water partition coefficient (Wildman–Crippen LogP) is 4.95. The van der Waals surface area contributed by atoms with Crippen LogP contribution in [0.2, 0.25) is 0 Å². The quantitative estimate of drug-likeness (QED) is 0.708. The fourth-order valence-corrected chi connectivity index (χ4v) is 3.33. The van der Waals surface area contributed by atoms with Crippen LogP contribution in [0.25, 0.3) is 0 Å². The van der Waals surface area contributed by atoms with Crippen LogP contribution in [0, 0.1) is 20.8 Å². The number of rotatable bonds is 6. The van der Waals surface area contributed by atoms with Gasteiger partial charge in [-0.1, -0.05) is 48.0 Å². The standard InChI is InChI=1S/C21H24O2/c1-14-10-15(2)21(16(3)11-14)20(23)13-19(12-17(4)22)18-8-6-5-7-9-18/h5-11,19H,12-13H2,1-4H3. The van der Waals surface area contributed by atoms with Crippen molar-refractivity contribution in [2.75, 3.05) is 0 Å². The van der Waals surface area contributed by atoms with Crippen molar-refractivity contribution >= 4 is 11.6 Å². The third-order valence-corrected chi connectivity index (χ3v) is 4.19. The highest BCUT2D eigenvalue weighted by Gasteiger charge is 2.21. The lowest BCUT2D eigenvalue weighted by molar-refractivity contribution is -0.117. The summed E-state index contributed by atoms with van der Waals surface area (Å²) in [6, 6.07) is 13.9. The minimum absolute atomic E-state index is 0.0543. The summed E-state index contributed by atoms with van der Waals surface area (Å²) in [5.41, 5.74) is 5.06. The molecule has 1 atom stereocenters. The van der Waals surface area contributed by atoms with Crippen molar-refractivity contribution in [3.8, 4) is 0 Å². The number of carbonyl (C=O) groups is 2. The molecule has 0 spiro atoms. The van der Waals surface area contributed by atoms with Crippen LogP contribution in [0.5, 0.6) is 0 Å². The Morgan fingerprint density at radius 2 is 1.48 bits per heavy atom. The maximum absolute atomic E-state index is 12.9. The highest BCUT2D eigenvalue weighted by atomic mass is 16.1. The van der Waals surface area contributed by atoms with E-state index in [4.69, 9.17) is 0 Å². The van der Waals surface area contributed by atoms with E-state index < -0.39 is 0 Å². The first kappa shape index (κ1) is 17.1. The fraction of sp³-hybridized carbons (Fsp3) is 0.333. The van der Waals surface area contributed by atoms with Crippen molar-refractivity contribution in [3.63, 3.8) is 0 Å². The molecule has 0 amide bonds. The number of hydrogen-bond donors (Lipinski definition) is 0. The van der Waals surface area contributed by atoms with Crippen molar-refractivity contribution in [3.05, 3.63) is 70.3 Å². The van der Waals surface area contributed by atoms with E-state index in [0.29, 0.717) is 12.8 Å². The Kier molecular flexibility index (Phi) is 5.49. The van der Waals surface area contributed by atoms with Gasteiger partial charge in [-0.15, -0.1) is 0 Å². The topological polar surface area (TPSA) is 34.1 Å². The Morgan fingerprint density at radius 1 is 0.913 bits per heavy atom. The predicted molar refractivity (Wildman–Crippen MR) is 94.1 cm³/mol. The Morgan fingerprint density at radius 3 is 2.00 bits per heavy atom. The molecule has 0 N–H and O–H groups in total. The zero-order chi connectivity index (χ0) is 17.0. The molecule has 1 unspecified atom stereocenters. The highest BCUT2D eigenvalue weighted by molar-refractivity contribution is 5.99. The van der Waals surface area contributed by atoms with Gasteiger partial charge in [-0.05, 0) is 50.3 Å². The maximum Gasteiger partial charge on any atom is 0.164 e. The maximum atomic E-state index is 12.9. The number of carbonyl (C=O) groups excluding carboxylic acids is 2. The van der Waals surface area contributed by atoms with Gasteiger partial charge in [0.2, 0.25) is 0 Å². The molecule has 0 saturated heterocycles. The smallest absolute Gasteiger partial charge is 0.164 e. The molecule has 0 heterocycles. The van der Waals surface area contributed by atoms with E-state index in [2.05, 4.69) is 0 Å². The number of benzene rings is 2. The molecule has 0 fully saturated rings. The summed E-state index contributed by atoms with van der Waals surface area (Å²) >= 11 is 0. The van der Waals surface area contributed by atoms with Gasteiger partial charge in [-0.2, -0.15) is 0 Å². The monoisotopic (exact) mass is 308 g/mol. The molecular formula is C21H24O2.